The van der Waals surface area contributed by atoms with Gasteiger partial charge < -0.3 is 30.7 Å². The van der Waals surface area contributed by atoms with Crippen LogP contribution in [0.3, 0.4) is 0 Å². The Morgan fingerprint density at radius 1 is 1.16 bits per heavy atom. The Kier molecular flexibility index (Phi) is 3.14. The molecule has 5 N–H and O–H groups in total. The lowest BCUT2D eigenvalue weighted by Crippen LogP contribution is -2.89. The molecule has 31 heavy (non-hydrogen) atoms. The number of amides is 2. The second kappa shape index (κ2) is 5.33. The van der Waals surface area contributed by atoms with Crippen molar-refractivity contribution in [3.63, 3.8) is 0 Å². The molecule has 0 radical (unpaired) electrons. The number of Topliss-reactive ketones (excluding diaryl/α,β-unsaturated/α-hetero) is 1. The molecule has 1 aromatic rings. The monoisotopic (exact) mass is 427 g/mol. The molecule has 9 nitrogen and oxygen atoms in total. The highest BCUT2D eigenvalue weighted by Crippen LogP contribution is 2.70. The number of aromatic hydroxyl groups is 1. The Balaban J connectivity index is 1.53. The van der Waals surface area contributed by atoms with Crippen molar-refractivity contribution in [2.24, 2.45) is 5.92 Å². The molecule has 6 unspecified atom stereocenters. The third-order valence-corrected chi connectivity index (χ3v) is 8.85. The highest BCUT2D eigenvalue weighted by atomic mass is 16.5. The summed E-state index contributed by atoms with van der Waals surface area (Å²) in [5, 5.41) is 39.7. The fourth-order valence-corrected chi connectivity index (χ4v) is 7.57. The van der Waals surface area contributed by atoms with Gasteiger partial charge in [0.2, 0.25) is 0 Å². The maximum atomic E-state index is 13.8. The van der Waals surface area contributed by atoms with Crippen molar-refractivity contribution >= 4 is 11.8 Å². The zero-order valence-corrected chi connectivity index (χ0v) is 16.9. The number of hydrogen-bond acceptors (Lipinski definition) is 7. The molecule has 2 amide bonds. The molecule has 0 aromatic heterocycles. The minimum absolute atomic E-state index is 0.131. The molecule has 3 aliphatic carbocycles. The Bertz CT molecular complexity index is 1060. The average Bonchev–Trinajstić information content (AvgIpc) is 3.47. The number of piperidine rings is 1. The first kappa shape index (κ1) is 18.2. The molecule has 4 fully saturated rings. The lowest BCUT2D eigenvalue weighted by atomic mass is 9.43. The zero-order valence-electron chi connectivity index (χ0n) is 16.9. The van der Waals surface area contributed by atoms with Crippen LogP contribution in [0, 0.1) is 5.92 Å². The Morgan fingerprint density at radius 3 is 2.74 bits per heavy atom. The Hall–Kier alpha value is -2.36. The highest BCUT2D eigenvalue weighted by Gasteiger charge is 2.83. The zero-order chi connectivity index (χ0) is 21.3. The Labute approximate surface area is 178 Å². The van der Waals surface area contributed by atoms with Crippen molar-refractivity contribution in [3.8, 4) is 11.5 Å². The number of likely N-dealkylation sites (tertiary alicyclic amines) is 1. The summed E-state index contributed by atoms with van der Waals surface area (Å²) in [6, 6.07) is 1.25. The predicted molar refractivity (Wildman–Crippen MR) is 106 cm³/mol. The summed E-state index contributed by atoms with van der Waals surface area (Å²) in [6.45, 7) is 1.34. The Morgan fingerprint density at radius 2 is 1.97 bits per heavy atom. The average molecular weight is 427 g/mol. The summed E-state index contributed by atoms with van der Waals surface area (Å²) in [4.78, 5) is 28.1. The van der Waals surface area contributed by atoms with E-state index in [-0.39, 0.29) is 17.3 Å². The van der Waals surface area contributed by atoms with Crippen LogP contribution in [0.1, 0.15) is 48.0 Å². The van der Waals surface area contributed by atoms with Gasteiger partial charge in [0, 0.05) is 24.2 Å². The number of phenolic OH excluding ortho intramolecular Hbond substituents is 1. The van der Waals surface area contributed by atoms with Gasteiger partial charge in [-0.25, -0.2) is 4.79 Å². The first-order chi connectivity index (χ1) is 14.8. The van der Waals surface area contributed by atoms with E-state index in [1.165, 1.54) is 6.07 Å². The van der Waals surface area contributed by atoms with E-state index < -0.39 is 41.0 Å². The summed E-state index contributed by atoms with van der Waals surface area (Å²) >= 11 is 0. The fraction of sp³-hybridized carbons (Fsp3) is 0.636. The van der Waals surface area contributed by atoms with Crippen LogP contribution in [0.5, 0.6) is 11.5 Å². The van der Waals surface area contributed by atoms with Crippen LogP contribution in [0.2, 0.25) is 0 Å². The van der Waals surface area contributed by atoms with Crippen molar-refractivity contribution < 1.29 is 29.6 Å². The number of rotatable bonds is 2. The molecule has 9 heteroatoms. The molecule has 3 aliphatic heterocycles. The van der Waals surface area contributed by atoms with Crippen molar-refractivity contribution in [3.05, 3.63) is 23.3 Å². The fourth-order valence-electron chi connectivity index (χ4n) is 7.57. The van der Waals surface area contributed by atoms with Crippen LogP contribution in [-0.4, -0.2) is 74.6 Å². The number of carbonyl (C=O) groups excluding carboxylic acids is 2. The first-order valence-electron chi connectivity index (χ1n) is 11.1. The molecular weight excluding hydrogens is 402 g/mol. The third-order valence-electron chi connectivity index (χ3n) is 8.85. The molecule has 2 spiro atoms. The van der Waals surface area contributed by atoms with Gasteiger partial charge in [0.25, 0.3) is 0 Å². The lowest BCUT2D eigenvalue weighted by molar-refractivity contribution is -0.245. The maximum absolute atomic E-state index is 13.8. The molecular formula is C22H25N3O6. The van der Waals surface area contributed by atoms with Crippen LogP contribution in [0.15, 0.2) is 12.1 Å². The standard InChI is InChI=1S/C22H25N3O6/c26-12-4-3-11-14-16(12)31-22-13(23-19(29)24-18(22)28)5-6-21(30)17(15(11)27)25(9-10-1-2-10)8-7-20(14,21)22/h3-4,10,13,17-18,26,28,30H,1-2,5-9H2,(H2,23,24,29). The van der Waals surface area contributed by atoms with Crippen molar-refractivity contribution in [2.45, 2.75) is 67.0 Å². The van der Waals surface area contributed by atoms with Crippen molar-refractivity contribution in [1.29, 1.82) is 0 Å². The van der Waals surface area contributed by atoms with E-state index in [0.29, 0.717) is 42.9 Å². The van der Waals surface area contributed by atoms with E-state index >= 15 is 0 Å². The minimum Gasteiger partial charge on any atom is -0.504 e. The number of ether oxygens (including phenoxy) is 1. The molecule has 2 bridgehead atoms. The topological polar surface area (TPSA) is 131 Å². The van der Waals surface area contributed by atoms with Crippen LogP contribution in [-0.2, 0) is 5.41 Å². The van der Waals surface area contributed by atoms with Crippen LogP contribution >= 0.6 is 0 Å². The SMILES string of the molecule is O=C1NC(O)C23Oc4c(O)ccc5c4C24CCN(CC2CC2)C(C5=O)C4(O)CCC3N1. The largest absolute Gasteiger partial charge is 0.504 e. The quantitative estimate of drug-likeness (QED) is 0.448. The van der Waals surface area contributed by atoms with Crippen LogP contribution in [0.4, 0.5) is 4.79 Å². The summed E-state index contributed by atoms with van der Waals surface area (Å²) in [5.41, 5.74) is -3.11. The van der Waals surface area contributed by atoms with Gasteiger partial charge in [0.15, 0.2) is 29.1 Å². The van der Waals surface area contributed by atoms with Gasteiger partial charge in [-0.15, -0.1) is 0 Å². The van der Waals surface area contributed by atoms with Gasteiger partial charge in [0.1, 0.15) is 11.6 Å². The number of carbonyl (C=O) groups is 2. The van der Waals surface area contributed by atoms with Crippen molar-refractivity contribution in [1.82, 2.24) is 15.5 Å². The molecule has 2 saturated heterocycles. The van der Waals surface area contributed by atoms with E-state index in [9.17, 15) is 24.9 Å². The molecule has 164 valence electrons. The second-order valence-electron chi connectivity index (χ2n) is 10.1. The number of phenols is 1. The van der Waals surface area contributed by atoms with E-state index in [4.69, 9.17) is 4.74 Å². The summed E-state index contributed by atoms with van der Waals surface area (Å²) in [7, 11) is 0. The van der Waals surface area contributed by atoms with Gasteiger partial charge in [0.05, 0.1) is 11.5 Å². The summed E-state index contributed by atoms with van der Waals surface area (Å²) < 4.78 is 6.40. The highest BCUT2D eigenvalue weighted by molar-refractivity contribution is 6.06. The number of aliphatic hydroxyl groups is 2. The number of hydrogen-bond donors (Lipinski definition) is 5. The van der Waals surface area contributed by atoms with Gasteiger partial charge in [-0.2, -0.15) is 0 Å². The summed E-state index contributed by atoms with van der Waals surface area (Å²) in [5.74, 6) is 0.403. The van der Waals surface area contributed by atoms with E-state index in [2.05, 4.69) is 15.5 Å². The third kappa shape index (κ3) is 1.79. The minimum atomic E-state index is -1.48. The number of benzene rings is 1. The molecule has 2 saturated carbocycles. The van der Waals surface area contributed by atoms with E-state index in [1.807, 2.05) is 0 Å². The number of urea groups is 1. The predicted octanol–water partition coefficient (Wildman–Crippen LogP) is -0.0335. The van der Waals surface area contributed by atoms with Crippen LogP contribution in [0.25, 0.3) is 0 Å². The number of ketones is 1. The van der Waals surface area contributed by atoms with E-state index in [0.717, 1.165) is 19.4 Å². The van der Waals surface area contributed by atoms with Crippen molar-refractivity contribution in [2.75, 3.05) is 13.1 Å². The first-order valence-corrected chi connectivity index (χ1v) is 11.1. The number of nitrogens with one attached hydrogen (secondary N) is 2. The molecule has 3 heterocycles. The van der Waals surface area contributed by atoms with Crippen LogP contribution < -0.4 is 15.4 Å². The molecule has 6 aliphatic rings. The van der Waals surface area contributed by atoms with Gasteiger partial charge in [-0.05, 0) is 50.2 Å². The second-order valence-corrected chi connectivity index (χ2v) is 10.1. The molecule has 7 rings (SSSR count). The number of nitrogens with zero attached hydrogens (tertiary/aromatic N) is 1. The maximum Gasteiger partial charge on any atom is 0.317 e. The van der Waals surface area contributed by atoms with E-state index in [1.54, 1.807) is 6.07 Å². The van der Waals surface area contributed by atoms with Gasteiger partial charge in [-0.3, -0.25) is 9.69 Å². The lowest BCUT2D eigenvalue weighted by Gasteiger charge is -2.68. The van der Waals surface area contributed by atoms with Gasteiger partial charge >= 0.3 is 6.03 Å². The van der Waals surface area contributed by atoms with Gasteiger partial charge in [-0.1, -0.05) is 0 Å². The normalized spacial score (nSPS) is 44.6. The molecule has 1 aromatic carbocycles. The number of aliphatic hydroxyl groups excluding tert-OH is 1. The smallest absolute Gasteiger partial charge is 0.317 e. The molecule has 6 atom stereocenters. The summed E-state index contributed by atoms with van der Waals surface area (Å²) in [6.07, 6.45) is 1.98.